The third-order valence-corrected chi connectivity index (χ3v) is 9.34. The Morgan fingerprint density at radius 2 is 2.05 bits per heavy atom. The summed E-state index contributed by atoms with van der Waals surface area (Å²) in [4.78, 5) is 35.6. The number of pyridine rings is 2. The van der Waals surface area contributed by atoms with Crippen molar-refractivity contribution in [3.8, 4) is 0 Å². The molecule has 6 atom stereocenters. The van der Waals surface area contributed by atoms with Crippen LogP contribution in [0.1, 0.15) is 72.6 Å². The van der Waals surface area contributed by atoms with Crippen molar-refractivity contribution in [2.75, 3.05) is 24.7 Å². The van der Waals surface area contributed by atoms with Gasteiger partial charge in [0.15, 0.2) is 0 Å². The van der Waals surface area contributed by atoms with Gasteiger partial charge in [-0.3, -0.25) is 19.5 Å². The van der Waals surface area contributed by atoms with E-state index in [1.807, 2.05) is 0 Å². The van der Waals surface area contributed by atoms with Gasteiger partial charge in [0, 0.05) is 41.9 Å². The molecule has 40 heavy (non-hydrogen) atoms. The van der Waals surface area contributed by atoms with Crippen LogP contribution in [0.3, 0.4) is 0 Å². The van der Waals surface area contributed by atoms with Crippen LogP contribution >= 0.6 is 0 Å². The van der Waals surface area contributed by atoms with Crippen LogP contribution in [0.25, 0.3) is 0 Å². The number of anilines is 1. The zero-order valence-electron chi connectivity index (χ0n) is 22.4. The van der Waals surface area contributed by atoms with E-state index in [9.17, 15) is 27.2 Å². The van der Waals surface area contributed by atoms with Crippen molar-refractivity contribution in [2.45, 2.75) is 69.3 Å². The van der Waals surface area contributed by atoms with Crippen LogP contribution in [-0.2, 0) is 20.9 Å². The van der Waals surface area contributed by atoms with Crippen molar-refractivity contribution in [3.05, 3.63) is 53.0 Å². The second-order valence-corrected chi connectivity index (χ2v) is 11.9. The van der Waals surface area contributed by atoms with Crippen LogP contribution in [0.5, 0.6) is 0 Å². The van der Waals surface area contributed by atoms with Crippen molar-refractivity contribution >= 4 is 17.6 Å². The van der Waals surface area contributed by atoms with Crippen LogP contribution in [0.2, 0.25) is 0 Å². The smallest absolute Gasteiger partial charge is 0.286 e. The summed E-state index contributed by atoms with van der Waals surface area (Å²) in [6.45, 7) is 2.93. The lowest BCUT2D eigenvalue weighted by atomic mass is 9.72. The van der Waals surface area contributed by atoms with E-state index in [0.29, 0.717) is 18.8 Å². The summed E-state index contributed by atoms with van der Waals surface area (Å²) in [6, 6.07) is 4.41. The number of alkyl halides is 4. The first kappa shape index (κ1) is 27.1. The number of rotatable bonds is 6. The number of halogens is 4. The predicted octanol–water partition coefficient (Wildman–Crippen LogP) is 4.81. The van der Waals surface area contributed by atoms with Gasteiger partial charge in [-0.15, -0.1) is 0 Å². The van der Waals surface area contributed by atoms with E-state index < -0.39 is 41.8 Å². The molecule has 5 unspecified atom stereocenters. The molecule has 214 valence electrons. The van der Waals surface area contributed by atoms with Crippen molar-refractivity contribution in [3.63, 3.8) is 0 Å². The zero-order valence-corrected chi connectivity index (χ0v) is 22.4. The van der Waals surface area contributed by atoms with Gasteiger partial charge in [-0.1, -0.05) is 6.92 Å². The van der Waals surface area contributed by atoms with Gasteiger partial charge in [0.05, 0.1) is 25.7 Å². The summed E-state index contributed by atoms with van der Waals surface area (Å²) in [7, 11) is 0. The van der Waals surface area contributed by atoms with Gasteiger partial charge < -0.3 is 10.1 Å². The minimum atomic E-state index is -3.15. The van der Waals surface area contributed by atoms with Crippen molar-refractivity contribution in [2.24, 2.45) is 17.8 Å². The lowest BCUT2D eigenvalue weighted by Crippen LogP contribution is -2.52. The van der Waals surface area contributed by atoms with E-state index >= 15 is 0 Å². The van der Waals surface area contributed by atoms with Gasteiger partial charge in [-0.2, -0.15) is 8.78 Å². The average molecular weight is 561 g/mol. The second-order valence-electron chi connectivity index (χ2n) is 11.9. The first-order chi connectivity index (χ1) is 19.0. The fourth-order valence-electron chi connectivity index (χ4n) is 7.11. The minimum Gasteiger partial charge on any atom is -0.380 e. The lowest BCUT2D eigenvalue weighted by Gasteiger charge is -2.42. The molecule has 1 saturated heterocycles. The largest absolute Gasteiger partial charge is 0.380 e. The standard InChI is InChI=1S/C29H32F4N4O3/c1-15-3-4-19(36-26(38)16-5-6-34-23(8-16)28(2,32)33)9-20(15)17-7-21-25(35-11-17)37(12-24(30)31)27(39)22-14-40-13-18-10-29(18,21)22/h5-8,11,15,18-20,22,24H,3-4,9-10,12-14H2,1-2H3,(H,36,38)/t15?,18?,19?,20?,22-,29?/m0/s1. The van der Waals surface area contributed by atoms with Gasteiger partial charge in [0.1, 0.15) is 11.5 Å². The van der Waals surface area contributed by atoms with Gasteiger partial charge in [-0.25, -0.2) is 13.8 Å². The molecule has 1 spiro atoms. The summed E-state index contributed by atoms with van der Waals surface area (Å²) in [5.74, 6) is -3.62. The number of fused-ring (bicyclic) bond motifs is 1. The predicted molar refractivity (Wildman–Crippen MR) is 138 cm³/mol. The fourth-order valence-corrected chi connectivity index (χ4v) is 7.11. The summed E-state index contributed by atoms with van der Waals surface area (Å²) in [6.07, 6.45) is 3.18. The van der Waals surface area contributed by atoms with Gasteiger partial charge in [-0.05, 0) is 67.2 Å². The zero-order chi connectivity index (χ0) is 28.4. The Balaban J connectivity index is 1.26. The van der Waals surface area contributed by atoms with Crippen LogP contribution in [0, 0.1) is 17.8 Å². The molecule has 2 aliphatic heterocycles. The minimum absolute atomic E-state index is 0.0397. The molecule has 1 N–H and O–H groups in total. The monoisotopic (exact) mass is 560 g/mol. The maximum absolute atomic E-state index is 13.7. The second kappa shape index (κ2) is 9.78. The molecule has 2 amide bonds. The summed E-state index contributed by atoms with van der Waals surface area (Å²) >= 11 is 0. The van der Waals surface area contributed by atoms with E-state index in [4.69, 9.17) is 4.74 Å². The number of hydrogen-bond acceptors (Lipinski definition) is 5. The van der Waals surface area contributed by atoms with Gasteiger partial charge in [0.2, 0.25) is 5.91 Å². The molecule has 3 fully saturated rings. The molecule has 4 heterocycles. The molecular formula is C29H32F4N4O3. The molecule has 2 saturated carbocycles. The van der Waals surface area contributed by atoms with Crippen LogP contribution in [0.4, 0.5) is 23.4 Å². The number of nitrogens with zero attached hydrogens (tertiary/aromatic N) is 3. The molecular weight excluding hydrogens is 528 g/mol. The average Bonchev–Trinajstić information content (AvgIpc) is 3.67. The maximum atomic E-state index is 13.7. The Bertz CT molecular complexity index is 1330. The number of carbonyl (C=O) groups is 2. The van der Waals surface area contributed by atoms with Crippen LogP contribution < -0.4 is 10.2 Å². The molecule has 2 aliphatic carbocycles. The fraction of sp³-hybridized carbons (Fsp3) is 0.586. The van der Waals surface area contributed by atoms with Crippen molar-refractivity contribution in [1.29, 1.82) is 0 Å². The van der Waals surface area contributed by atoms with Gasteiger partial charge in [0.25, 0.3) is 18.3 Å². The molecule has 4 aliphatic rings. The van der Waals surface area contributed by atoms with Crippen LogP contribution in [-0.4, -0.2) is 54.0 Å². The summed E-state index contributed by atoms with van der Waals surface area (Å²) in [5, 5.41) is 3.01. The quantitative estimate of drug-likeness (QED) is 0.513. The number of amides is 2. The molecule has 2 aromatic heterocycles. The number of carbonyl (C=O) groups excluding carboxylic acids is 2. The summed E-state index contributed by atoms with van der Waals surface area (Å²) in [5.41, 5.74) is 1.06. The Labute approximate surface area is 229 Å². The molecule has 2 aromatic rings. The highest BCUT2D eigenvalue weighted by atomic mass is 19.3. The Morgan fingerprint density at radius 3 is 2.80 bits per heavy atom. The third-order valence-electron chi connectivity index (χ3n) is 9.34. The van der Waals surface area contributed by atoms with E-state index in [1.165, 1.54) is 12.3 Å². The maximum Gasteiger partial charge on any atom is 0.286 e. The topological polar surface area (TPSA) is 84.4 Å². The molecule has 0 bridgehead atoms. The third kappa shape index (κ3) is 4.55. The Morgan fingerprint density at radius 1 is 1.25 bits per heavy atom. The van der Waals surface area contributed by atoms with E-state index in [2.05, 4.69) is 28.3 Å². The van der Waals surface area contributed by atoms with E-state index in [1.54, 1.807) is 6.20 Å². The van der Waals surface area contributed by atoms with Crippen molar-refractivity contribution in [1.82, 2.24) is 15.3 Å². The molecule has 6 rings (SSSR count). The van der Waals surface area contributed by atoms with E-state index in [-0.39, 0.29) is 41.9 Å². The number of aromatic nitrogens is 2. The molecule has 0 aromatic carbocycles. The van der Waals surface area contributed by atoms with Crippen LogP contribution in [0.15, 0.2) is 30.6 Å². The Hall–Kier alpha value is -3.08. The van der Waals surface area contributed by atoms with E-state index in [0.717, 1.165) is 48.3 Å². The number of hydrogen-bond donors (Lipinski definition) is 1. The highest BCUT2D eigenvalue weighted by Gasteiger charge is 2.68. The Kier molecular flexibility index (Phi) is 6.63. The normalized spacial score (nSPS) is 31.3. The van der Waals surface area contributed by atoms with Gasteiger partial charge >= 0.3 is 0 Å². The summed E-state index contributed by atoms with van der Waals surface area (Å²) < 4.78 is 60.1. The SMILES string of the molecule is CC1CCC(NC(=O)c2ccnc(C(C)(F)F)c2)CC1c1cnc2c(c1)C13CC1COC[C@H]3C(=O)N2CC(F)F. The highest BCUT2D eigenvalue weighted by molar-refractivity contribution is 6.00. The highest BCUT2D eigenvalue weighted by Crippen LogP contribution is 2.65. The molecule has 0 radical (unpaired) electrons. The van der Waals surface area contributed by atoms with Crippen molar-refractivity contribution < 1.29 is 31.9 Å². The first-order valence-corrected chi connectivity index (χ1v) is 13.8. The first-order valence-electron chi connectivity index (χ1n) is 13.8. The number of nitrogens with one attached hydrogen (secondary N) is 1. The molecule has 7 nitrogen and oxygen atoms in total. The lowest BCUT2D eigenvalue weighted by molar-refractivity contribution is -0.129. The number of ether oxygens (including phenoxy) is 1. The molecule has 11 heteroatoms.